The SMILES string of the molecule is CC(c1ccccc1)c1cc(C(N)=O)c(NC(=O)c2ccc(Cl)cc2O)s1. The van der Waals surface area contributed by atoms with Gasteiger partial charge in [0.05, 0.1) is 11.1 Å². The summed E-state index contributed by atoms with van der Waals surface area (Å²) in [7, 11) is 0. The second kappa shape index (κ2) is 7.82. The standard InChI is InChI=1S/C20H17ClN2O3S/c1-11(12-5-3-2-4-6-12)17-10-15(18(22)25)20(27-17)23-19(26)14-8-7-13(21)9-16(14)24/h2-11,24H,1H3,(H2,22,25)(H,23,26). The number of thiophene rings is 1. The Morgan fingerprint density at radius 3 is 2.44 bits per heavy atom. The third-order valence-electron chi connectivity index (χ3n) is 4.17. The maximum absolute atomic E-state index is 12.5. The molecule has 0 bridgehead atoms. The fourth-order valence-corrected chi connectivity index (χ4v) is 3.98. The lowest BCUT2D eigenvalue weighted by atomic mass is 9.99. The summed E-state index contributed by atoms with van der Waals surface area (Å²) in [5, 5.41) is 13.3. The van der Waals surface area contributed by atoms with Gasteiger partial charge in [0, 0.05) is 15.8 Å². The number of halogens is 1. The van der Waals surface area contributed by atoms with Gasteiger partial charge in [0.25, 0.3) is 11.8 Å². The highest BCUT2D eigenvalue weighted by Crippen LogP contribution is 2.36. The van der Waals surface area contributed by atoms with Crippen molar-refractivity contribution in [2.75, 3.05) is 5.32 Å². The van der Waals surface area contributed by atoms with Gasteiger partial charge in [0.1, 0.15) is 10.8 Å². The number of amides is 2. The summed E-state index contributed by atoms with van der Waals surface area (Å²) in [5.41, 5.74) is 6.86. The van der Waals surface area contributed by atoms with Gasteiger partial charge in [-0.2, -0.15) is 0 Å². The molecule has 5 nitrogen and oxygen atoms in total. The lowest BCUT2D eigenvalue weighted by molar-refractivity contribution is 0.100. The first-order valence-corrected chi connectivity index (χ1v) is 9.34. The van der Waals surface area contributed by atoms with E-state index in [9.17, 15) is 14.7 Å². The fourth-order valence-electron chi connectivity index (χ4n) is 2.67. The van der Waals surface area contributed by atoms with Crippen molar-refractivity contribution in [2.45, 2.75) is 12.8 Å². The normalized spacial score (nSPS) is 11.8. The lowest BCUT2D eigenvalue weighted by Gasteiger charge is -2.09. The minimum absolute atomic E-state index is 0.0314. The Bertz CT molecular complexity index is 1000. The Kier molecular flexibility index (Phi) is 5.48. The number of benzene rings is 2. The molecule has 1 heterocycles. The number of phenols is 1. The van der Waals surface area contributed by atoms with Crippen LogP contribution < -0.4 is 11.1 Å². The van der Waals surface area contributed by atoms with E-state index in [0.29, 0.717) is 10.0 Å². The van der Waals surface area contributed by atoms with E-state index in [1.54, 1.807) is 6.07 Å². The second-order valence-electron chi connectivity index (χ2n) is 6.00. The molecule has 0 fully saturated rings. The van der Waals surface area contributed by atoms with E-state index in [-0.39, 0.29) is 22.8 Å². The van der Waals surface area contributed by atoms with E-state index < -0.39 is 11.8 Å². The molecule has 138 valence electrons. The maximum atomic E-state index is 12.5. The van der Waals surface area contributed by atoms with E-state index in [0.717, 1.165) is 10.4 Å². The van der Waals surface area contributed by atoms with Crippen LogP contribution >= 0.6 is 22.9 Å². The highest BCUT2D eigenvalue weighted by atomic mass is 35.5. The predicted molar refractivity (Wildman–Crippen MR) is 108 cm³/mol. The van der Waals surface area contributed by atoms with E-state index in [2.05, 4.69) is 5.32 Å². The molecular formula is C20H17ClN2O3S. The van der Waals surface area contributed by atoms with Crippen molar-refractivity contribution in [1.82, 2.24) is 0 Å². The fraction of sp³-hybridized carbons (Fsp3) is 0.100. The van der Waals surface area contributed by atoms with Crippen LogP contribution in [0.4, 0.5) is 5.00 Å². The monoisotopic (exact) mass is 400 g/mol. The third-order valence-corrected chi connectivity index (χ3v) is 5.64. The summed E-state index contributed by atoms with van der Waals surface area (Å²) >= 11 is 7.08. The average molecular weight is 401 g/mol. The Morgan fingerprint density at radius 2 is 1.81 bits per heavy atom. The Hall–Kier alpha value is -2.83. The largest absolute Gasteiger partial charge is 0.507 e. The topological polar surface area (TPSA) is 92.4 Å². The molecule has 2 aromatic carbocycles. The smallest absolute Gasteiger partial charge is 0.260 e. The first kappa shape index (κ1) is 18.9. The molecule has 4 N–H and O–H groups in total. The molecule has 0 spiro atoms. The molecule has 27 heavy (non-hydrogen) atoms. The van der Waals surface area contributed by atoms with Gasteiger partial charge in [0.15, 0.2) is 0 Å². The number of anilines is 1. The van der Waals surface area contributed by atoms with Crippen molar-refractivity contribution < 1.29 is 14.7 Å². The summed E-state index contributed by atoms with van der Waals surface area (Å²) in [6, 6.07) is 15.7. The number of carbonyl (C=O) groups excluding carboxylic acids is 2. The first-order chi connectivity index (χ1) is 12.9. The van der Waals surface area contributed by atoms with E-state index in [1.165, 1.54) is 29.5 Å². The van der Waals surface area contributed by atoms with Crippen molar-refractivity contribution in [1.29, 1.82) is 0 Å². The van der Waals surface area contributed by atoms with Gasteiger partial charge < -0.3 is 16.2 Å². The molecule has 0 aliphatic heterocycles. The van der Waals surface area contributed by atoms with Gasteiger partial charge in [-0.25, -0.2) is 0 Å². The summed E-state index contributed by atoms with van der Waals surface area (Å²) < 4.78 is 0. The van der Waals surface area contributed by atoms with Crippen LogP contribution in [0.2, 0.25) is 5.02 Å². The Balaban J connectivity index is 1.92. The number of carbonyl (C=O) groups is 2. The molecule has 2 amide bonds. The van der Waals surface area contributed by atoms with Crippen molar-refractivity contribution in [2.24, 2.45) is 5.73 Å². The van der Waals surface area contributed by atoms with E-state index in [4.69, 9.17) is 17.3 Å². The van der Waals surface area contributed by atoms with E-state index in [1.807, 2.05) is 37.3 Å². The molecule has 1 atom stereocenters. The highest BCUT2D eigenvalue weighted by molar-refractivity contribution is 7.16. The van der Waals surface area contributed by atoms with Gasteiger partial charge >= 0.3 is 0 Å². The number of hydrogen-bond donors (Lipinski definition) is 3. The number of phenolic OH excluding ortho intramolecular Hbond substituents is 1. The van der Waals surface area contributed by atoms with E-state index >= 15 is 0 Å². The van der Waals surface area contributed by atoms with Gasteiger partial charge in [-0.05, 0) is 29.8 Å². The number of hydrogen-bond acceptors (Lipinski definition) is 4. The summed E-state index contributed by atoms with van der Waals surface area (Å²) in [6.07, 6.45) is 0. The molecule has 0 radical (unpaired) electrons. The molecule has 1 unspecified atom stereocenters. The molecule has 3 aromatic rings. The average Bonchev–Trinajstić information content (AvgIpc) is 3.05. The number of rotatable bonds is 5. The third kappa shape index (κ3) is 4.13. The zero-order valence-corrected chi connectivity index (χ0v) is 16.0. The predicted octanol–water partition coefficient (Wildman–Crippen LogP) is 4.61. The van der Waals surface area contributed by atoms with Crippen LogP contribution in [-0.2, 0) is 0 Å². The molecule has 0 aliphatic rings. The Morgan fingerprint density at radius 1 is 1.11 bits per heavy atom. The molecule has 0 aliphatic carbocycles. The molecular weight excluding hydrogens is 384 g/mol. The van der Waals surface area contributed by atoms with Crippen LogP contribution in [0.15, 0.2) is 54.6 Å². The number of nitrogens with two attached hydrogens (primary N) is 1. The van der Waals surface area contributed by atoms with Crippen molar-refractivity contribution in [3.05, 3.63) is 81.2 Å². The van der Waals surface area contributed by atoms with Crippen LogP contribution in [-0.4, -0.2) is 16.9 Å². The minimum atomic E-state index is -0.631. The van der Waals surface area contributed by atoms with Crippen LogP contribution in [0.25, 0.3) is 0 Å². The maximum Gasteiger partial charge on any atom is 0.260 e. The van der Waals surface area contributed by atoms with Crippen molar-refractivity contribution >= 4 is 39.8 Å². The van der Waals surface area contributed by atoms with Crippen LogP contribution in [0.1, 0.15) is 44.0 Å². The van der Waals surface area contributed by atoms with Gasteiger partial charge in [0.2, 0.25) is 0 Å². The van der Waals surface area contributed by atoms with Gasteiger partial charge in [-0.1, -0.05) is 48.9 Å². The quantitative estimate of drug-likeness (QED) is 0.583. The van der Waals surface area contributed by atoms with Gasteiger partial charge in [-0.15, -0.1) is 11.3 Å². The first-order valence-electron chi connectivity index (χ1n) is 8.15. The van der Waals surface area contributed by atoms with Crippen LogP contribution in [0.3, 0.4) is 0 Å². The van der Waals surface area contributed by atoms with Gasteiger partial charge in [-0.3, -0.25) is 9.59 Å². The second-order valence-corrected chi connectivity index (χ2v) is 7.52. The van der Waals surface area contributed by atoms with Crippen molar-refractivity contribution in [3.63, 3.8) is 0 Å². The summed E-state index contributed by atoms with van der Waals surface area (Å²) in [6.45, 7) is 2.02. The van der Waals surface area contributed by atoms with Crippen LogP contribution in [0, 0.1) is 0 Å². The number of primary amides is 1. The molecule has 3 rings (SSSR count). The van der Waals surface area contributed by atoms with Crippen molar-refractivity contribution in [3.8, 4) is 5.75 Å². The van der Waals surface area contributed by atoms with Crippen LogP contribution in [0.5, 0.6) is 5.75 Å². The Labute approximate surface area is 165 Å². The minimum Gasteiger partial charge on any atom is -0.507 e. The lowest BCUT2D eigenvalue weighted by Crippen LogP contribution is -2.16. The summed E-state index contributed by atoms with van der Waals surface area (Å²) in [4.78, 5) is 25.2. The molecule has 0 saturated heterocycles. The summed E-state index contributed by atoms with van der Waals surface area (Å²) in [5.74, 6) is -1.39. The number of nitrogens with one attached hydrogen (secondary N) is 1. The highest BCUT2D eigenvalue weighted by Gasteiger charge is 2.21. The molecule has 0 saturated carbocycles. The number of aromatic hydroxyl groups is 1. The zero-order valence-electron chi connectivity index (χ0n) is 14.4. The molecule has 7 heteroatoms. The molecule has 1 aromatic heterocycles. The zero-order chi connectivity index (χ0) is 19.6.